The molecule has 0 saturated carbocycles. The highest BCUT2D eigenvalue weighted by Crippen LogP contribution is 2.39. The van der Waals surface area contributed by atoms with Crippen molar-refractivity contribution in [1.29, 1.82) is 0 Å². The number of ether oxygens (including phenoxy) is 1. The maximum absolute atomic E-state index is 5.97. The quantitative estimate of drug-likeness (QED) is 0.700. The Hall–Kier alpha value is -1.42. The zero-order valence-electron chi connectivity index (χ0n) is 15.5. The smallest absolute Gasteiger partial charge is 0.119 e. The maximum Gasteiger partial charge on any atom is 0.119 e. The van der Waals surface area contributed by atoms with Gasteiger partial charge in [0.15, 0.2) is 0 Å². The Kier molecular flexibility index (Phi) is 9.28. The van der Waals surface area contributed by atoms with Crippen LogP contribution in [0.1, 0.15) is 35.4 Å². The number of methoxy groups -OCH3 is 1. The average Bonchev–Trinajstić information content (AvgIpc) is 2.60. The lowest BCUT2D eigenvalue weighted by Gasteiger charge is -2.33. The van der Waals surface area contributed by atoms with Gasteiger partial charge in [-0.3, -0.25) is 0 Å². The van der Waals surface area contributed by atoms with Crippen molar-refractivity contribution in [2.75, 3.05) is 26.4 Å². The molecule has 0 heterocycles. The summed E-state index contributed by atoms with van der Waals surface area (Å²) in [5, 5.41) is 3.40. The molecule has 0 saturated heterocycles. The summed E-state index contributed by atoms with van der Waals surface area (Å²) in [5.41, 5.74) is 11.1. The number of fused-ring (bicyclic) bond motifs is 1. The summed E-state index contributed by atoms with van der Waals surface area (Å²) in [7, 11) is 3.79. The molecule has 3 rings (SSSR count). The number of anilines is 1. The van der Waals surface area contributed by atoms with E-state index >= 15 is 0 Å². The Morgan fingerprint density at radius 3 is 2.69 bits per heavy atom. The van der Waals surface area contributed by atoms with E-state index in [-0.39, 0.29) is 24.8 Å². The molecule has 0 amide bonds. The van der Waals surface area contributed by atoms with Crippen LogP contribution >= 0.6 is 24.8 Å². The first-order chi connectivity index (χ1) is 11.7. The number of rotatable bonds is 6. The van der Waals surface area contributed by atoms with Gasteiger partial charge in [0, 0.05) is 5.69 Å². The number of nitrogens with one attached hydrogen (secondary N) is 1. The highest BCUT2D eigenvalue weighted by Gasteiger charge is 2.28. The van der Waals surface area contributed by atoms with E-state index in [9.17, 15) is 0 Å². The number of halogens is 2. The molecule has 144 valence electrons. The second kappa shape index (κ2) is 10.7. The van der Waals surface area contributed by atoms with Crippen molar-refractivity contribution in [2.45, 2.75) is 31.6 Å². The lowest BCUT2D eigenvalue weighted by molar-refractivity contribution is 0.364. The van der Waals surface area contributed by atoms with Gasteiger partial charge in [-0.2, -0.15) is 0 Å². The van der Waals surface area contributed by atoms with E-state index in [2.05, 4.69) is 41.7 Å². The molecule has 0 fully saturated rings. The van der Waals surface area contributed by atoms with E-state index in [1.807, 2.05) is 13.1 Å². The van der Waals surface area contributed by atoms with Gasteiger partial charge in [-0.15, -0.1) is 24.8 Å². The van der Waals surface area contributed by atoms with Crippen molar-refractivity contribution in [3.63, 3.8) is 0 Å². The van der Waals surface area contributed by atoms with Gasteiger partial charge in [0.1, 0.15) is 5.75 Å². The van der Waals surface area contributed by atoms with Crippen LogP contribution in [0.15, 0.2) is 42.5 Å². The summed E-state index contributed by atoms with van der Waals surface area (Å²) >= 11 is 0. The Morgan fingerprint density at radius 1 is 1.19 bits per heavy atom. The van der Waals surface area contributed by atoms with Crippen LogP contribution in [0, 0.1) is 5.92 Å². The van der Waals surface area contributed by atoms with Crippen LogP contribution in [0.4, 0.5) is 5.69 Å². The third-order valence-electron chi connectivity index (χ3n) is 5.20. The first kappa shape index (κ1) is 22.6. The summed E-state index contributed by atoms with van der Waals surface area (Å²) < 4.78 is 5.41. The Bertz CT molecular complexity index is 693. The van der Waals surface area contributed by atoms with Crippen LogP contribution in [0.2, 0.25) is 0 Å². The van der Waals surface area contributed by atoms with E-state index in [4.69, 9.17) is 10.5 Å². The molecule has 1 aliphatic rings. The lowest BCUT2D eigenvalue weighted by Crippen LogP contribution is -2.29. The van der Waals surface area contributed by atoms with E-state index in [1.165, 1.54) is 29.5 Å². The topological polar surface area (TPSA) is 47.3 Å². The van der Waals surface area contributed by atoms with Crippen LogP contribution < -0.4 is 15.8 Å². The first-order valence-corrected chi connectivity index (χ1v) is 8.87. The maximum atomic E-state index is 5.97. The molecular weight excluding hydrogens is 367 g/mol. The molecule has 2 aromatic carbocycles. The highest BCUT2D eigenvalue weighted by atomic mass is 35.5. The van der Waals surface area contributed by atoms with Gasteiger partial charge in [0.05, 0.1) is 7.11 Å². The molecule has 2 aromatic rings. The van der Waals surface area contributed by atoms with E-state index in [0.717, 1.165) is 30.8 Å². The van der Waals surface area contributed by atoms with Gasteiger partial charge >= 0.3 is 0 Å². The number of benzene rings is 2. The van der Waals surface area contributed by atoms with Crippen molar-refractivity contribution < 1.29 is 4.74 Å². The number of nitrogen functional groups attached to an aromatic ring is 1. The van der Waals surface area contributed by atoms with Gasteiger partial charge < -0.3 is 15.8 Å². The Labute approximate surface area is 169 Å². The van der Waals surface area contributed by atoms with E-state index in [1.54, 1.807) is 7.11 Å². The molecule has 3 nitrogen and oxygen atoms in total. The van der Waals surface area contributed by atoms with Crippen molar-refractivity contribution >= 4 is 30.5 Å². The van der Waals surface area contributed by atoms with Gasteiger partial charge in [-0.05, 0) is 92.1 Å². The second-order valence-corrected chi connectivity index (χ2v) is 6.83. The van der Waals surface area contributed by atoms with Crippen molar-refractivity contribution in [3.05, 3.63) is 59.2 Å². The van der Waals surface area contributed by atoms with Gasteiger partial charge in [-0.25, -0.2) is 0 Å². The van der Waals surface area contributed by atoms with Crippen molar-refractivity contribution in [3.8, 4) is 5.75 Å². The predicted octanol–water partition coefficient (Wildman–Crippen LogP) is 4.62. The van der Waals surface area contributed by atoms with Gasteiger partial charge in [-0.1, -0.05) is 18.2 Å². The normalized spacial score (nSPS) is 16.6. The summed E-state index contributed by atoms with van der Waals surface area (Å²) in [6.07, 6.45) is 4.73. The first-order valence-electron chi connectivity index (χ1n) is 8.87. The SMILES string of the molecule is CNCC(Cc1cccc(N)c1)C1CCCc2cc(OC)ccc21.Cl.Cl. The minimum Gasteiger partial charge on any atom is -0.497 e. The third kappa shape index (κ3) is 5.29. The second-order valence-electron chi connectivity index (χ2n) is 6.83. The van der Waals surface area contributed by atoms with Crippen molar-refractivity contribution in [1.82, 2.24) is 5.32 Å². The fourth-order valence-corrected chi connectivity index (χ4v) is 4.09. The molecule has 0 aliphatic heterocycles. The lowest BCUT2D eigenvalue weighted by atomic mass is 9.73. The largest absolute Gasteiger partial charge is 0.497 e. The number of hydrogen-bond donors (Lipinski definition) is 2. The molecule has 0 bridgehead atoms. The summed E-state index contributed by atoms with van der Waals surface area (Å²) in [4.78, 5) is 0. The number of aryl methyl sites for hydroxylation is 1. The van der Waals surface area contributed by atoms with Crippen LogP contribution in [0.25, 0.3) is 0 Å². The zero-order valence-corrected chi connectivity index (χ0v) is 17.2. The van der Waals surface area contributed by atoms with Crippen molar-refractivity contribution in [2.24, 2.45) is 5.92 Å². The molecule has 2 unspecified atom stereocenters. The average molecular weight is 397 g/mol. The molecule has 3 N–H and O–H groups in total. The summed E-state index contributed by atoms with van der Waals surface area (Å²) in [5.74, 6) is 2.13. The van der Waals surface area contributed by atoms with Crippen LogP contribution in [-0.4, -0.2) is 20.7 Å². The number of hydrogen-bond acceptors (Lipinski definition) is 3. The summed E-state index contributed by atoms with van der Waals surface area (Å²) in [6.45, 7) is 1.02. The minimum atomic E-state index is 0. The Balaban J connectivity index is 0.00000169. The number of nitrogens with two attached hydrogens (primary N) is 1. The fourth-order valence-electron chi connectivity index (χ4n) is 4.09. The Morgan fingerprint density at radius 2 is 2.00 bits per heavy atom. The van der Waals surface area contributed by atoms with Crippen LogP contribution in [-0.2, 0) is 12.8 Å². The van der Waals surface area contributed by atoms with E-state index < -0.39 is 0 Å². The monoisotopic (exact) mass is 396 g/mol. The van der Waals surface area contributed by atoms with Gasteiger partial charge in [0.2, 0.25) is 0 Å². The standard InChI is InChI=1S/C21H28N2O.2ClH/c1-23-14-17(11-15-5-3-7-18(22)12-15)20-8-4-6-16-13-19(24-2)9-10-21(16)20;;/h3,5,7,9-10,12-13,17,20,23H,4,6,8,11,14,22H2,1-2H3;2*1H. The molecule has 0 radical (unpaired) electrons. The van der Waals surface area contributed by atoms with Crippen LogP contribution in [0.5, 0.6) is 5.75 Å². The summed E-state index contributed by atoms with van der Waals surface area (Å²) in [6, 6.07) is 14.9. The third-order valence-corrected chi connectivity index (χ3v) is 5.20. The molecular formula is C21H30Cl2N2O. The molecule has 1 aliphatic carbocycles. The fraction of sp³-hybridized carbons (Fsp3) is 0.429. The zero-order chi connectivity index (χ0) is 16.9. The van der Waals surface area contributed by atoms with Gasteiger partial charge in [0.25, 0.3) is 0 Å². The molecule has 2 atom stereocenters. The highest BCUT2D eigenvalue weighted by molar-refractivity contribution is 5.85. The molecule has 0 spiro atoms. The molecule has 5 heteroatoms. The van der Waals surface area contributed by atoms with Crippen LogP contribution in [0.3, 0.4) is 0 Å². The minimum absolute atomic E-state index is 0. The molecule has 26 heavy (non-hydrogen) atoms. The predicted molar refractivity (Wildman–Crippen MR) is 115 cm³/mol. The molecule has 0 aromatic heterocycles. The van der Waals surface area contributed by atoms with E-state index in [0.29, 0.717) is 11.8 Å².